The van der Waals surface area contributed by atoms with Crippen LogP contribution in [0, 0.1) is 0 Å². The minimum Gasteiger partial charge on any atom is -0.478 e. The van der Waals surface area contributed by atoms with E-state index in [2.05, 4.69) is 31.2 Å². The van der Waals surface area contributed by atoms with Crippen molar-refractivity contribution < 1.29 is 9.90 Å². The van der Waals surface area contributed by atoms with E-state index in [0.717, 1.165) is 24.0 Å². The zero-order valence-corrected chi connectivity index (χ0v) is 13.6. The van der Waals surface area contributed by atoms with Gasteiger partial charge in [0.2, 0.25) is 0 Å². The lowest BCUT2D eigenvalue weighted by Gasteiger charge is -2.06. The van der Waals surface area contributed by atoms with Crippen molar-refractivity contribution in [1.29, 1.82) is 0 Å². The Bertz CT molecular complexity index is 705. The van der Waals surface area contributed by atoms with E-state index in [-0.39, 0.29) is 0 Å². The van der Waals surface area contributed by atoms with Gasteiger partial charge in [-0.05, 0) is 41.7 Å². The molecule has 2 aromatic carbocycles. The zero-order valence-electron chi connectivity index (χ0n) is 13.6. The predicted molar refractivity (Wildman–Crippen MR) is 96.3 cm³/mol. The highest BCUT2D eigenvalue weighted by molar-refractivity contribution is 6.15. The molecule has 0 aliphatic rings. The molecule has 0 amide bonds. The number of carboxylic acid groups (broad SMARTS) is 1. The standard InChI is InChI=1S/C21H22O2/c1-3-5-7-20(21(22)23)19-14-12-18(13-15-19)17-10-8-16(6-4-2)9-11-17/h3,5,7-15H,4,6H2,1-2H3,(H,22,23). The summed E-state index contributed by atoms with van der Waals surface area (Å²) >= 11 is 0. The molecule has 0 saturated carbocycles. The van der Waals surface area contributed by atoms with E-state index in [1.54, 1.807) is 12.2 Å². The molecule has 1 N–H and O–H groups in total. The van der Waals surface area contributed by atoms with Crippen molar-refractivity contribution in [2.24, 2.45) is 0 Å². The van der Waals surface area contributed by atoms with Gasteiger partial charge in [-0.15, -0.1) is 0 Å². The lowest BCUT2D eigenvalue weighted by Crippen LogP contribution is -1.99. The highest BCUT2D eigenvalue weighted by Crippen LogP contribution is 2.23. The van der Waals surface area contributed by atoms with Crippen LogP contribution >= 0.6 is 0 Å². The molecule has 2 aromatic rings. The molecule has 0 aromatic heterocycles. The van der Waals surface area contributed by atoms with Crippen molar-refractivity contribution in [3.8, 4) is 11.1 Å². The second-order valence-electron chi connectivity index (χ2n) is 5.44. The number of carboxylic acids is 1. The summed E-state index contributed by atoms with van der Waals surface area (Å²) in [4.78, 5) is 11.4. The first-order valence-corrected chi connectivity index (χ1v) is 7.91. The fourth-order valence-electron chi connectivity index (χ4n) is 2.48. The molecule has 2 heteroatoms. The molecule has 0 radical (unpaired) electrons. The van der Waals surface area contributed by atoms with Crippen molar-refractivity contribution in [3.63, 3.8) is 0 Å². The molecule has 0 aliphatic heterocycles. The summed E-state index contributed by atoms with van der Waals surface area (Å²) in [5.74, 6) is -0.917. The van der Waals surface area contributed by atoms with Crippen LogP contribution in [0.4, 0.5) is 0 Å². The normalized spacial score (nSPS) is 11.8. The molecule has 23 heavy (non-hydrogen) atoms. The fraction of sp³-hybridized carbons (Fsp3) is 0.190. The Morgan fingerprint density at radius 2 is 1.57 bits per heavy atom. The van der Waals surface area contributed by atoms with E-state index in [0.29, 0.717) is 11.1 Å². The number of hydrogen-bond acceptors (Lipinski definition) is 1. The molecule has 2 nitrogen and oxygen atoms in total. The van der Waals surface area contributed by atoms with Crippen molar-refractivity contribution in [1.82, 2.24) is 0 Å². The van der Waals surface area contributed by atoms with Gasteiger partial charge in [-0.2, -0.15) is 0 Å². The van der Waals surface area contributed by atoms with Crippen molar-refractivity contribution >= 4 is 11.5 Å². The van der Waals surface area contributed by atoms with E-state index in [1.165, 1.54) is 5.56 Å². The summed E-state index contributed by atoms with van der Waals surface area (Å²) in [6.07, 6.45) is 7.41. The summed E-state index contributed by atoms with van der Waals surface area (Å²) < 4.78 is 0. The van der Waals surface area contributed by atoms with Crippen LogP contribution in [-0.4, -0.2) is 11.1 Å². The number of carbonyl (C=O) groups is 1. The molecule has 0 bridgehead atoms. The first kappa shape index (κ1) is 16.8. The first-order chi connectivity index (χ1) is 11.2. The average molecular weight is 306 g/mol. The molecule has 0 atom stereocenters. The number of allylic oxidation sites excluding steroid dienone is 3. The van der Waals surface area contributed by atoms with Gasteiger partial charge in [-0.1, -0.05) is 74.0 Å². The van der Waals surface area contributed by atoms with Gasteiger partial charge in [0.1, 0.15) is 0 Å². The number of rotatable bonds is 6. The second-order valence-corrected chi connectivity index (χ2v) is 5.44. The maximum atomic E-state index is 11.4. The number of hydrogen-bond donors (Lipinski definition) is 1. The molecule has 2 rings (SSSR count). The molecule has 118 valence electrons. The Morgan fingerprint density at radius 1 is 1.00 bits per heavy atom. The zero-order chi connectivity index (χ0) is 16.7. The molecule has 0 saturated heterocycles. The van der Waals surface area contributed by atoms with Crippen LogP contribution in [0.5, 0.6) is 0 Å². The summed E-state index contributed by atoms with van der Waals surface area (Å²) in [6.45, 7) is 4.04. The number of benzene rings is 2. The van der Waals surface area contributed by atoms with Gasteiger partial charge in [0.25, 0.3) is 0 Å². The van der Waals surface area contributed by atoms with Gasteiger partial charge in [0, 0.05) is 0 Å². The quantitative estimate of drug-likeness (QED) is 0.577. The Balaban J connectivity index is 2.26. The number of aryl methyl sites for hydroxylation is 1. The smallest absolute Gasteiger partial charge is 0.336 e. The molecule has 0 heterocycles. The van der Waals surface area contributed by atoms with Gasteiger partial charge >= 0.3 is 5.97 Å². The van der Waals surface area contributed by atoms with Crippen LogP contribution in [0.15, 0.2) is 66.8 Å². The Morgan fingerprint density at radius 3 is 2.04 bits per heavy atom. The summed E-state index contributed by atoms with van der Waals surface area (Å²) in [7, 11) is 0. The predicted octanol–water partition coefficient (Wildman–Crippen LogP) is 5.35. The van der Waals surface area contributed by atoms with Gasteiger partial charge in [-0.25, -0.2) is 4.79 Å². The molecular formula is C21H22O2. The minimum atomic E-state index is -0.917. The molecule has 0 aliphatic carbocycles. The molecule has 0 spiro atoms. The Hall–Kier alpha value is -2.61. The fourth-order valence-corrected chi connectivity index (χ4v) is 2.48. The highest BCUT2D eigenvalue weighted by atomic mass is 16.4. The van der Waals surface area contributed by atoms with Crippen LogP contribution < -0.4 is 0 Å². The third-order valence-corrected chi connectivity index (χ3v) is 3.71. The van der Waals surface area contributed by atoms with Gasteiger partial charge in [-0.3, -0.25) is 0 Å². The van der Waals surface area contributed by atoms with Gasteiger partial charge < -0.3 is 5.11 Å². The summed E-state index contributed by atoms with van der Waals surface area (Å²) in [5.41, 5.74) is 4.59. The largest absolute Gasteiger partial charge is 0.478 e. The van der Waals surface area contributed by atoms with Crippen LogP contribution in [0.2, 0.25) is 0 Å². The lowest BCUT2D eigenvalue weighted by molar-refractivity contribution is -0.130. The van der Waals surface area contributed by atoms with Crippen LogP contribution in [-0.2, 0) is 11.2 Å². The Kier molecular flexibility index (Phi) is 5.93. The topological polar surface area (TPSA) is 37.3 Å². The highest BCUT2D eigenvalue weighted by Gasteiger charge is 2.09. The summed E-state index contributed by atoms with van der Waals surface area (Å²) in [6, 6.07) is 16.2. The van der Waals surface area contributed by atoms with Crippen molar-refractivity contribution in [3.05, 3.63) is 77.9 Å². The molecule has 0 unspecified atom stereocenters. The number of aliphatic carboxylic acids is 1. The summed E-state index contributed by atoms with van der Waals surface area (Å²) in [5, 5.41) is 9.32. The maximum absolute atomic E-state index is 11.4. The maximum Gasteiger partial charge on any atom is 0.336 e. The van der Waals surface area contributed by atoms with E-state index < -0.39 is 5.97 Å². The third-order valence-electron chi connectivity index (χ3n) is 3.71. The second kappa shape index (κ2) is 8.14. The van der Waals surface area contributed by atoms with E-state index in [9.17, 15) is 9.90 Å². The van der Waals surface area contributed by atoms with E-state index in [4.69, 9.17) is 0 Å². The van der Waals surface area contributed by atoms with Gasteiger partial charge in [0.15, 0.2) is 0 Å². The lowest BCUT2D eigenvalue weighted by atomic mass is 9.99. The SMILES string of the molecule is CC=CC=C(C(=O)O)c1ccc(-c2ccc(CCC)cc2)cc1. The first-order valence-electron chi connectivity index (χ1n) is 7.91. The van der Waals surface area contributed by atoms with Crippen LogP contribution in [0.3, 0.4) is 0 Å². The molecule has 0 fully saturated rings. The van der Waals surface area contributed by atoms with E-state index in [1.807, 2.05) is 37.3 Å². The van der Waals surface area contributed by atoms with Crippen LogP contribution in [0.25, 0.3) is 16.7 Å². The van der Waals surface area contributed by atoms with Crippen LogP contribution in [0.1, 0.15) is 31.4 Å². The molecular weight excluding hydrogens is 284 g/mol. The Labute approximate surface area is 137 Å². The van der Waals surface area contributed by atoms with Gasteiger partial charge in [0.05, 0.1) is 5.57 Å². The average Bonchev–Trinajstić information content (AvgIpc) is 2.57. The minimum absolute atomic E-state index is 0.299. The third kappa shape index (κ3) is 4.43. The van der Waals surface area contributed by atoms with Crippen molar-refractivity contribution in [2.75, 3.05) is 0 Å². The monoisotopic (exact) mass is 306 g/mol. The van der Waals surface area contributed by atoms with E-state index >= 15 is 0 Å². The van der Waals surface area contributed by atoms with Crippen molar-refractivity contribution in [2.45, 2.75) is 26.7 Å².